The van der Waals surface area contributed by atoms with E-state index in [1.54, 1.807) is 25.4 Å². The molecule has 0 saturated carbocycles. The maximum absolute atomic E-state index is 13.1. The number of nitrogens with zero attached hydrogens (tertiary/aromatic N) is 4. The summed E-state index contributed by atoms with van der Waals surface area (Å²) in [5, 5.41) is 19.6. The van der Waals surface area contributed by atoms with Crippen LogP contribution in [0.1, 0.15) is 38.2 Å². The second-order valence-corrected chi connectivity index (χ2v) is 9.37. The average Bonchev–Trinajstić information content (AvgIpc) is 3.11. The number of aromatic nitrogens is 2. The van der Waals surface area contributed by atoms with Crippen LogP contribution in [0.25, 0.3) is 0 Å². The summed E-state index contributed by atoms with van der Waals surface area (Å²) in [7, 11) is -2.62. The summed E-state index contributed by atoms with van der Waals surface area (Å²) in [5.41, 5.74) is 1.73. The van der Waals surface area contributed by atoms with Gasteiger partial charge in [0.1, 0.15) is 0 Å². The quantitative estimate of drug-likeness (QED) is 0.470. The summed E-state index contributed by atoms with van der Waals surface area (Å²) in [6.07, 6.45) is 6.85. The molecule has 170 valence electrons. The van der Waals surface area contributed by atoms with Gasteiger partial charge >= 0.3 is 10.2 Å². The molecule has 1 aliphatic heterocycles. The topological polar surface area (TPSA) is 112 Å². The van der Waals surface area contributed by atoms with Gasteiger partial charge < -0.3 is 15.2 Å². The molecular formula is C20H27ClN5O4S-. The van der Waals surface area contributed by atoms with Gasteiger partial charge in [0.2, 0.25) is 0 Å². The molecule has 1 aromatic heterocycles. The summed E-state index contributed by atoms with van der Waals surface area (Å²) in [6.45, 7) is 2.96. The Hall–Kier alpha value is -2.30. The predicted octanol–water partition coefficient (Wildman–Crippen LogP) is 2.47. The van der Waals surface area contributed by atoms with E-state index in [2.05, 4.69) is 21.7 Å². The van der Waals surface area contributed by atoms with Gasteiger partial charge in [-0.3, -0.25) is 4.68 Å². The molecule has 0 amide bonds. The summed E-state index contributed by atoms with van der Waals surface area (Å²) >= 11 is 6.15. The minimum absolute atomic E-state index is 0.357. The van der Waals surface area contributed by atoms with Crippen LogP contribution in [0.15, 0.2) is 35.0 Å². The first-order chi connectivity index (χ1) is 14.8. The molecule has 0 aliphatic carbocycles. The van der Waals surface area contributed by atoms with Crippen LogP contribution in [0, 0.1) is 0 Å². The van der Waals surface area contributed by atoms with E-state index in [4.69, 9.17) is 16.3 Å². The molecule has 0 radical (unpaired) electrons. The van der Waals surface area contributed by atoms with E-state index in [1.807, 2.05) is 6.07 Å². The van der Waals surface area contributed by atoms with Crippen molar-refractivity contribution in [1.29, 1.82) is 0 Å². The fraction of sp³-hybridized carbons (Fsp3) is 0.500. The second-order valence-electron chi connectivity index (χ2n) is 7.46. The SMILES string of the molecule is CCCCc1cc(Cl)cc(N/C([O-])=N/S(=O)(=O)N(c2cnn(C)c2)C2CCOCC2)c1. The van der Waals surface area contributed by atoms with Gasteiger partial charge in [0.15, 0.2) is 0 Å². The van der Waals surface area contributed by atoms with Crippen LogP contribution in [-0.2, 0) is 28.4 Å². The van der Waals surface area contributed by atoms with Crippen molar-refractivity contribution in [3.8, 4) is 0 Å². The van der Waals surface area contributed by atoms with Crippen LogP contribution in [0.2, 0.25) is 5.02 Å². The Morgan fingerprint density at radius 2 is 2.13 bits per heavy atom. The van der Waals surface area contributed by atoms with Gasteiger partial charge in [0.25, 0.3) is 0 Å². The first-order valence-electron chi connectivity index (χ1n) is 10.2. The lowest BCUT2D eigenvalue weighted by molar-refractivity contribution is -0.213. The Kier molecular flexibility index (Phi) is 7.79. The van der Waals surface area contributed by atoms with E-state index in [0.717, 1.165) is 29.1 Å². The fourth-order valence-corrected chi connectivity index (χ4v) is 5.07. The number of benzene rings is 1. The molecule has 0 bridgehead atoms. The second kappa shape index (κ2) is 10.3. The molecule has 2 aromatic rings. The Balaban J connectivity index is 1.85. The van der Waals surface area contributed by atoms with E-state index in [0.29, 0.717) is 42.5 Å². The summed E-state index contributed by atoms with van der Waals surface area (Å²) < 4.78 is 37.7. The van der Waals surface area contributed by atoms with Gasteiger partial charge in [0.05, 0.1) is 23.9 Å². The van der Waals surface area contributed by atoms with Gasteiger partial charge in [-0.1, -0.05) is 24.9 Å². The zero-order valence-electron chi connectivity index (χ0n) is 17.6. The number of ether oxygens (including phenoxy) is 1. The summed E-state index contributed by atoms with van der Waals surface area (Å²) in [5.74, 6) is 0. The van der Waals surface area contributed by atoms with E-state index >= 15 is 0 Å². The van der Waals surface area contributed by atoms with E-state index in [9.17, 15) is 13.5 Å². The van der Waals surface area contributed by atoms with E-state index < -0.39 is 16.2 Å². The fourth-order valence-electron chi connectivity index (χ4n) is 3.52. The van der Waals surface area contributed by atoms with Gasteiger partial charge in [0, 0.05) is 37.2 Å². The number of nitrogens with one attached hydrogen (secondary N) is 1. The van der Waals surface area contributed by atoms with Crippen molar-refractivity contribution in [2.75, 3.05) is 22.8 Å². The molecular weight excluding hydrogens is 442 g/mol. The highest BCUT2D eigenvalue weighted by Gasteiger charge is 2.32. The molecule has 31 heavy (non-hydrogen) atoms. The molecule has 9 nitrogen and oxygen atoms in total. The number of anilines is 2. The average molecular weight is 469 g/mol. The maximum atomic E-state index is 13.1. The van der Waals surface area contributed by atoms with Crippen molar-refractivity contribution in [3.05, 3.63) is 41.2 Å². The molecule has 1 aromatic carbocycles. The third-order valence-corrected chi connectivity index (χ3v) is 6.56. The van der Waals surface area contributed by atoms with Crippen molar-refractivity contribution in [2.45, 2.75) is 45.1 Å². The largest absolute Gasteiger partial charge is 0.845 e. The van der Waals surface area contributed by atoms with Crippen molar-refractivity contribution in [1.82, 2.24) is 9.78 Å². The van der Waals surface area contributed by atoms with Crippen LogP contribution >= 0.6 is 11.6 Å². The van der Waals surface area contributed by atoms with Crippen molar-refractivity contribution >= 4 is 39.2 Å². The highest BCUT2D eigenvalue weighted by atomic mass is 35.5. The number of hydrogen-bond acceptors (Lipinski definition) is 5. The first kappa shape index (κ1) is 23.4. The molecule has 1 N–H and O–H groups in total. The maximum Gasteiger partial charge on any atom is 0.345 e. The van der Waals surface area contributed by atoms with Crippen LogP contribution in [-0.4, -0.2) is 43.5 Å². The minimum atomic E-state index is -4.31. The van der Waals surface area contributed by atoms with Gasteiger partial charge in [-0.2, -0.15) is 13.5 Å². The Bertz CT molecular complexity index is 1020. The third-order valence-electron chi connectivity index (χ3n) is 4.94. The number of rotatable bonds is 8. The minimum Gasteiger partial charge on any atom is -0.845 e. The number of unbranched alkanes of at least 4 members (excludes halogenated alkanes) is 1. The molecule has 1 saturated heterocycles. The van der Waals surface area contributed by atoms with Crippen LogP contribution in [0.4, 0.5) is 11.4 Å². The molecule has 2 heterocycles. The van der Waals surface area contributed by atoms with Gasteiger partial charge in [-0.05, 0) is 49.4 Å². The van der Waals surface area contributed by atoms with Crippen LogP contribution in [0.5, 0.6) is 0 Å². The summed E-state index contributed by atoms with van der Waals surface area (Å²) in [4.78, 5) is 0. The lowest BCUT2D eigenvalue weighted by Crippen LogP contribution is -2.44. The number of amidine groups is 1. The lowest BCUT2D eigenvalue weighted by Gasteiger charge is -2.32. The molecule has 3 rings (SSSR count). The Labute approximate surface area is 187 Å². The molecule has 0 atom stereocenters. The standard InChI is InChI=1S/C20H28ClN5O4S/c1-3-4-5-15-10-16(21)12-17(11-15)23-20(27)24-31(28,29)26(18-6-8-30-9-7-18)19-13-22-25(2)14-19/h10-14,18H,3-9H2,1-2H3,(H2,23,24,27)/p-1. The predicted molar refractivity (Wildman–Crippen MR) is 120 cm³/mol. The Morgan fingerprint density at radius 1 is 1.39 bits per heavy atom. The first-order valence-corrected chi connectivity index (χ1v) is 12.0. The van der Waals surface area contributed by atoms with Crippen molar-refractivity contribution < 1.29 is 18.3 Å². The van der Waals surface area contributed by atoms with Crippen molar-refractivity contribution in [3.63, 3.8) is 0 Å². The molecule has 1 aliphatic rings. The molecule has 11 heteroatoms. The normalized spacial score (nSPS) is 15.8. The lowest BCUT2D eigenvalue weighted by atomic mass is 10.1. The zero-order chi connectivity index (χ0) is 22.4. The molecule has 1 fully saturated rings. The van der Waals surface area contributed by atoms with Gasteiger partial charge in [-0.15, -0.1) is 4.40 Å². The highest BCUT2D eigenvalue weighted by molar-refractivity contribution is 7.91. The molecule has 0 unspecified atom stereocenters. The number of aryl methyl sites for hydroxylation is 2. The van der Waals surface area contributed by atoms with E-state index in [-0.39, 0.29) is 6.04 Å². The van der Waals surface area contributed by atoms with Crippen LogP contribution < -0.4 is 14.7 Å². The summed E-state index contributed by atoms with van der Waals surface area (Å²) in [6, 6.07) is 3.82. The van der Waals surface area contributed by atoms with Crippen molar-refractivity contribution in [2.24, 2.45) is 11.4 Å². The Morgan fingerprint density at radius 3 is 2.77 bits per heavy atom. The number of hydrogen-bond donors (Lipinski definition) is 1. The van der Waals surface area contributed by atoms with E-state index in [1.165, 1.54) is 10.9 Å². The molecule has 0 spiro atoms. The third kappa shape index (κ3) is 6.34. The number of halogens is 1. The van der Waals surface area contributed by atoms with Gasteiger partial charge in [-0.25, -0.2) is 4.31 Å². The van der Waals surface area contributed by atoms with Crippen LogP contribution in [0.3, 0.4) is 0 Å². The smallest absolute Gasteiger partial charge is 0.345 e. The zero-order valence-corrected chi connectivity index (χ0v) is 19.2. The highest BCUT2D eigenvalue weighted by Crippen LogP contribution is 2.27. The monoisotopic (exact) mass is 468 g/mol.